The molecular weight excluding hydrogens is 443 g/mol. The normalized spacial score (nSPS) is 17.1. The van der Waals surface area contributed by atoms with Gasteiger partial charge >= 0.3 is 0 Å². The fraction of sp³-hybridized carbons (Fsp3) is 0.400. The molecule has 2 aliphatic rings. The molecule has 0 bridgehead atoms. The molecule has 4 rings (SSSR count). The quantitative estimate of drug-likeness (QED) is 0.537. The van der Waals surface area contributed by atoms with Crippen LogP contribution in [-0.4, -0.2) is 56.6 Å². The van der Waals surface area contributed by atoms with Gasteiger partial charge in [0, 0.05) is 31.7 Å². The molecule has 2 amide bonds. The molecule has 2 aliphatic heterocycles. The van der Waals surface area contributed by atoms with E-state index < -0.39 is 5.82 Å². The van der Waals surface area contributed by atoms with Crippen molar-refractivity contribution in [3.63, 3.8) is 0 Å². The van der Waals surface area contributed by atoms with E-state index in [1.54, 1.807) is 24.3 Å². The molecule has 2 aromatic rings. The molecule has 0 radical (unpaired) electrons. The van der Waals surface area contributed by atoms with Crippen LogP contribution in [-0.2, 0) is 14.3 Å². The van der Waals surface area contributed by atoms with E-state index in [9.17, 15) is 18.8 Å². The highest BCUT2D eigenvalue weighted by Crippen LogP contribution is 2.33. The zero-order valence-electron chi connectivity index (χ0n) is 18.8. The van der Waals surface area contributed by atoms with Crippen LogP contribution in [0, 0.1) is 5.82 Å². The average molecular weight is 470 g/mol. The molecule has 1 fully saturated rings. The first-order valence-corrected chi connectivity index (χ1v) is 11.4. The molecule has 9 heteroatoms. The third kappa shape index (κ3) is 5.91. The van der Waals surface area contributed by atoms with E-state index in [1.807, 2.05) is 0 Å². The summed E-state index contributed by atoms with van der Waals surface area (Å²) in [6.07, 6.45) is 2.76. The summed E-state index contributed by atoms with van der Waals surface area (Å²) >= 11 is 0. The van der Waals surface area contributed by atoms with Gasteiger partial charge in [-0.05, 0) is 49.6 Å². The Balaban J connectivity index is 1.34. The van der Waals surface area contributed by atoms with Gasteiger partial charge in [-0.3, -0.25) is 14.4 Å². The first-order valence-electron chi connectivity index (χ1n) is 11.4. The molecule has 8 nitrogen and oxygen atoms in total. The number of nitrogens with zero attached hydrogens (tertiary/aromatic N) is 1. The van der Waals surface area contributed by atoms with Gasteiger partial charge in [0.15, 0.2) is 30.6 Å². The van der Waals surface area contributed by atoms with E-state index in [0.29, 0.717) is 36.5 Å². The number of benzene rings is 2. The number of hydrogen-bond acceptors (Lipinski definition) is 6. The SMILES string of the molecule is O=C(CCCN1C(=O)COc2ccc(C(=O)COc3ccccc3F)cc21)NCC1CCCO1. The summed E-state index contributed by atoms with van der Waals surface area (Å²) in [5.74, 6) is -0.783. The number of nitrogens with one attached hydrogen (secondary N) is 1. The van der Waals surface area contributed by atoms with Gasteiger partial charge in [-0.25, -0.2) is 4.39 Å². The van der Waals surface area contributed by atoms with Crippen molar-refractivity contribution in [2.75, 3.05) is 37.8 Å². The molecule has 1 unspecified atom stereocenters. The Bertz CT molecular complexity index is 1050. The maximum atomic E-state index is 13.7. The number of anilines is 1. The van der Waals surface area contributed by atoms with Crippen molar-refractivity contribution in [2.45, 2.75) is 31.8 Å². The lowest BCUT2D eigenvalue weighted by molar-refractivity contribution is -0.123. The Kier molecular flexibility index (Phi) is 7.74. The summed E-state index contributed by atoms with van der Waals surface area (Å²) in [6, 6.07) is 10.6. The Hall–Kier alpha value is -3.46. The van der Waals surface area contributed by atoms with Gasteiger partial charge in [0.05, 0.1) is 11.8 Å². The summed E-state index contributed by atoms with van der Waals surface area (Å²) in [6.45, 7) is 1.09. The summed E-state index contributed by atoms with van der Waals surface area (Å²) in [5.41, 5.74) is 0.778. The predicted octanol–water partition coefficient (Wildman–Crippen LogP) is 2.89. The second-order valence-electron chi connectivity index (χ2n) is 8.20. The highest BCUT2D eigenvalue weighted by atomic mass is 19.1. The fourth-order valence-corrected chi connectivity index (χ4v) is 3.93. The second kappa shape index (κ2) is 11.1. The van der Waals surface area contributed by atoms with Crippen LogP contribution in [0.15, 0.2) is 42.5 Å². The summed E-state index contributed by atoms with van der Waals surface area (Å²) in [7, 11) is 0. The van der Waals surface area contributed by atoms with Crippen LogP contribution in [0.1, 0.15) is 36.0 Å². The van der Waals surface area contributed by atoms with Gasteiger partial charge in [-0.15, -0.1) is 0 Å². The Labute approximate surface area is 197 Å². The molecule has 0 aromatic heterocycles. The number of halogens is 1. The van der Waals surface area contributed by atoms with Crippen molar-refractivity contribution < 1.29 is 33.0 Å². The highest BCUT2D eigenvalue weighted by molar-refractivity contribution is 6.02. The first-order chi connectivity index (χ1) is 16.5. The molecule has 34 heavy (non-hydrogen) atoms. The van der Waals surface area contributed by atoms with Crippen molar-refractivity contribution in [3.05, 3.63) is 53.8 Å². The molecule has 1 N–H and O–H groups in total. The summed E-state index contributed by atoms with van der Waals surface area (Å²) in [4.78, 5) is 38.8. The standard InChI is InChI=1S/C25H27FN2O6/c26-19-6-1-2-7-22(19)33-15-21(29)17-9-10-23-20(13-17)28(25(31)16-34-23)11-3-8-24(30)27-14-18-5-4-12-32-18/h1-2,6-7,9-10,13,18H,3-5,8,11-12,14-16H2,(H,27,30). The van der Waals surface area contributed by atoms with E-state index in [1.165, 1.54) is 23.1 Å². The third-order valence-corrected chi connectivity index (χ3v) is 5.76. The molecule has 0 spiro atoms. The van der Waals surface area contributed by atoms with Crippen molar-refractivity contribution in [1.29, 1.82) is 0 Å². The molecule has 1 atom stereocenters. The Morgan fingerprint density at radius 1 is 1.21 bits per heavy atom. The highest BCUT2D eigenvalue weighted by Gasteiger charge is 2.27. The Morgan fingerprint density at radius 3 is 2.85 bits per heavy atom. The number of ether oxygens (including phenoxy) is 3. The lowest BCUT2D eigenvalue weighted by Gasteiger charge is -2.29. The van der Waals surface area contributed by atoms with Crippen molar-refractivity contribution in [1.82, 2.24) is 5.32 Å². The van der Waals surface area contributed by atoms with E-state index in [2.05, 4.69) is 5.32 Å². The van der Waals surface area contributed by atoms with Crippen LogP contribution in [0.3, 0.4) is 0 Å². The molecule has 1 saturated heterocycles. The number of rotatable bonds is 10. The lowest BCUT2D eigenvalue weighted by Crippen LogP contribution is -2.40. The molecular formula is C25H27FN2O6. The molecule has 180 valence electrons. The van der Waals surface area contributed by atoms with E-state index in [0.717, 1.165) is 19.4 Å². The number of Topliss-reactive ketones (excluding diaryl/α,β-unsaturated/α-hetero) is 1. The summed E-state index contributed by atoms with van der Waals surface area (Å²) in [5, 5.41) is 2.87. The van der Waals surface area contributed by atoms with Crippen LogP contribution in [0.5, 0.6) is 11.5 Å². The zero-order chi connectivity index (χ0) is 23.9. The number of carbonyl (C=O) groups excluding carboxylic acids is 3. The van der Waals surface area contributed by atoms with E-state index in [4.69, 9.17) is 14.2 Å². The number of carbonyl (C=O) groups is 3. The monoisotopic (exact) mass is 470 g/mol. The van der Waals surface area contributed by atoms with Crippen molar-refractivity contribution >= 4 is 23.3 Å². The first kappa shape index (κ1) is 23.7. The van der Waals surface area contributed by atoms with Gasteiger partial charge in [0.1, 0.15) is 5.75 Å². The number of amides is 2. The maximum absolute atomic E-state index is 13.7. The number of para-hydroxylation sites is 1. The summed E-state index contributed by atoms with van der Waals surface area (Å²) < 4.78 is 30.0. The van der Waals surface area contributed by atoms with E-state index >= 15 is 0 Å². The third-order valence-electron chi connectivity index (χ3n) is 5.76. The topological polar surface area (TPSA) is 94.2 Å². The van der Waals surface area contributed by atoms with Crippen LogP contribution >= 0.6 is 0 Å². The molecule has 2 heterocycles. The minimum absolute atomic E-state index is 0.00767. The van der Waals surface area contributed by atoms with Crippen LogP contribution in [0.4, 0.5) is 10.1 Å². The molecule has 2 aromatic carbocycles. The number of fused-ring (bicyclic) bond motifs is 1. The van der Waals surface area contributed by atoms with Gasteiger partial charge in [0.25, 0.3) is 5.91 Å². The van der Waals surface area contributed by atoms with Crippen LogP contribution in [0.2, 0.25) is 0 Å². The average Bonchev–Trinajstić information content (AvgIpc) is 3.37. The lowest BCUT2D eigenvalue weighted by atomic mass is 10.1. The second-order valence-corrected chi connectivity index (χ2v) is 8.20. The van der Waals surface area contributed by atoms with Crippen molar-refractivity contribution in [2.24, 2.45) is 0 Å². The zero-order valence-corrected chi connectivity index (χ0v) is 18.8. The smallest absolute Gasteiger partial charge is 0.265 e. The Morgan fingerprint density at radius 2 is 2.06 bits per heavy atom. The van der Waals surface area contributed by atoms with E-state index in [-0.39, 0.29) is 49.1 Å². The largest absolute Gasteiger partial charge is 0.482 e. The fourth-order valence-electron chi connectivity index (χ4n) is 3.93. The van der Waals surface area contributed by atoms with Gasteiger partial charge in [-0.2, -0.15) is 0 Å². The van der Waals surface area contributed by atoms with Crippen LogP contribution < -0.4 is 19.7 Å². The van der Waals surface area contributed by atoms with Gasteiger partial charge in [-0.1, -0.05) is 12.1 Å². The molecule has 0 aliphatic carbocycles. The molecule has 0 saturated carbocycles. The maximum Gasteiger partial charge on any atom is 0.265 e. The van der Waals surface area contributed by atoms with Gasteiger partial charge in [0.2, 0.25) is 5.91 Å². The number of hydrogen-bond donors (Lipinski definition) is 1. The minimum atomic E-state index is -0.550. The van der Waals surface area contributed by atoms with Gasteiger partial charge < -0.3 is 24.4 Å². The number of ketones is 1. The van der Waals surface area contributed by atoms with Crippen LogP contribution in [0.25, 0.3) is 0 Å². The minimum Gasteiger partial charge on any atom is -0.482 e. The predicted molar refractivity (Wildman–Crippen MR) is 122 cm³/mol. The van der Waals surface area contributed by atoms with Crippen molar-refractivity contribution in [3.8, 4) is 11.5 Å².